The van der Waals surface area contributed by atoms with Gasteiger partial charge in [0.1, 0.15) is 0 Å². The molecule has 0 bridgehead atoms. The average molecular weight is 305 g/mol. The molecule has 5 heteroatoms. The van der Waals surface area contributed by atoms with E-state index in [1.165, 1.54) is 10.5 Å². The quantitative estimate of drug-likeness (QED) is 0.800. The summed E-state index contributed by atoms with van der Waals surface area (Å²) in [6.45, 7) is 6.30. The van der Waals surface area contributed by atoms with Gasteiger partial charge in [0, 0.05) is 37.6 Å². The van der Waals surface area contributed by atoms with E-state index in [2.05, 4.69) is 27.7 Å². The maximum atomic E-state index is 12.2. The SMILES string of the molecule is O=C(NCCCN1CCNCC1)C1Cc2ccccc2S1. The molecule has 1 fully saturated rings. The third-order valence-electron chi connectivity index (χ3n) is 4.10. The fraction of sp³-hybridized carbons (Fsp3) is 0.562. The molecule has 1 amide bonds. The van der Waals surface area contributed by atoms with Crippen LogP contribution < -0.4 is 10.6 Å². The summed E-state index contributed by atoms with van der Waals surface area (Å²) in [6.07, 6.45) is 1.90. The largest absolute Gasteiger partial charge is 0.355 e. The summed E-state index contributed by atoms with van der Waals surface area (Å²) < 4.78 is 0. The van der Waals surface area contributed by atoms with Crippen LogP contribution >= 0.6 is 11.8 Å². The summed E-state index contributed by atoms with van der Waals surface area (Å²) in [6, 6.07) is 8.32. The van der Waals surface area contributed by atoms with Gasteiger partial charge in [-0.05, 0) is 31.0 Å². The Labute approximate surface area is 130 Å². The van der Waals surface area contributed by atoms with Crippen molar-refractivity contribution in [2.45, 2.75) is 23.0 Å². The minimum atomic E-state index is 0.0570. The van der Waals surface area contributed by atoms with Gasteiger partial charge in [0.25, 0.3) is 0 Å². The van der Waals surface area contributed by atoms with E-state index >= 15 is 0 Å². The van der Waals surface area contributed by atoms with Gasteiger partial charge in [0.05, 0.1) is 5.25 Å². The molecule has 0 aromatic heterocycles. The van der Waals surface area contributed by atoms with Gasteiger partial charge in [-0.15, -0.1) is 11.8 Å². The van der Waals surface area contributed by atoms with Crippen molar-refractivity contribution in [2.75, 3.05) is 39.3 Å². The number of amides is 1. The lowest BCUT2D eigenvalue weighted by Crippen LogP contribution is -2.44. The maximum Gasteiger partial charge on any atom is 0.233 e. The van der Waals surface area contributed by atoms with Crippen molar-refractivity contribution in [1.29, 1.82) is 0 Å². The molecule has 4 nitrogen and oxygen atoms in total. The van der Waals surface area contributed by atoms with Crippen LogP contribution in [0.5, 0.6) is 0 Å². The molecule has 2 N–H and O–H groups in total. The van der Waals surface area contributed by atoms with Gasteiger partial charge >= 0.3 is 0 Å². The van der Waals surface area contributed by atoms with E-state index in [0.717, 1.165) is 52.1 Å². The van der Waals surface area contributed by atoms with Crippen LogP contribution in [0.15, 0.2) is 29.2 Å². The second kappa shape index (κ2) is 7.29. The highest BCUT2D eigenvalue weighted by atomic mass is 32.2. The number of rotatable bonds is 5. The summed E-state index contributed by atoms with van der Waals surface area (Å²) in [7, 11) is 0. The summed E-state index contributed by atoms with van der Waals surface area (Å²) in [5.74, 6) is 0.191. The molecule has 1 unspecified atom stereocenters. The van der Waals surface area contributed by atoms with Crippen molar-refractivity contribution >= 4 is 17.7 Å². The van der Waals surface area contributed by atoms with E-state index in [0.29, 0.717) is 0 Å². The van der Waals surface area contributed by atoms with Gasteiger partial charge in [-0.1, -0.05) is 18.2 Å². The van der Waals surface area contributed by atoms with Gasteiger partial charge in [0.15, 0.2) is 0 Å². The van der Waals surface area contributed by atoms with E-state index in [4.69, 9.17) is 0 Å². The number of nitrogens with zero attached hydrogens (tertiary/aromatic N) is 1. The van der Waals surface area contributed by atoms with E-state index in [1.54, 1.807) is 11.8 Å². The van der Waals surface area contributed by atoms with Crippen LogP contribution in [0.2, 0.25) is 0 Å². The Balaban J connectivity index is 1.36. The molecule has 1 aromatic carbocycles. The van der Waals surface area contributed by atoms with E-state index in [1.807, 2.05) is 12.1 Å². The second-order valence-electron chi connectivity index (χ2n) is 5.65. The molecule has 1 saturated heterocycles. The van der Waals surface area contributed by atoms with Gasteiger partial charge in [-0.25, -0.2) is 0 Å². The highest BCUT2D eigenvalue weighted by Gasteiger charge is 2.27. The Morgan fingerprint density at radius 2 is 2.14 bits per heavy atom. The first-order valence-electron chi connectivity index (χ1n) is 7.78. The Hall–Kier alpha value is -1.04. The first-order valence-corrected chi connectivity index (χ1v) is 8.66. The summed E-state index contributed by atoms with van der Waals surface area (Å²) in [4.78, 5) is 15.9. The van der Waals surface area contributed by atoms with Gasteiger partial charge < -0.3 is 15.5 Å². The third-order valence-corrected chi connectivity index (χ3v) is 5.42. The second-order valence-corrected chi connectivity index (χ2v) is 6.90. The van der Waals surface area contributed by atoms with Crippen LogP contribution in [0.4, 0.5) is 0 Å². The number of piperazine rings is 1. The lowest BCUT2D eigenvalue weighted by molar-refractivity contribution is -0.120. The fourth-order valence-corrected chi connectivity index (χ4v) is 4.11. The summed E-state index contributed by atoms with van der Waals surface area (Å²) in [5, 5.41) is 6.51. The van der Waals surface area contributed by atoms with Crippen LogP contribution in [0.3, 0.4) is 0 Å². The van der Waals surface area contributed by atoms with Crippen molar-refractivity contribution in [3.8, 4) is 0 Å². The first-order chi connectivity index (χ1) is 10.3. The molecule has 21 heavy (non-hydrogen) atoms. The van der Waals surface area contributed by atoms with Crippen molar-refractivity contribution in [2.24, 2.45) is 0 Å². The van der Waals surface area contributed by atoms with Crippen molar-refractivity contribution in [3.63, 3.8) is 0 Å². The lowest BCUT2D eigenvalue weighted by atomic mass is 10.1. The molecule has 2 heterocycles. The number of nitrogens with one attached hydrogen (secondary N) is 2. The number of hydrogen-bond donors (Lipinski definition) is 2. The molecule has 0 radical (unpaired) electrons. The molecule has 0 spiro atoms. The standard InChI is InChI=1S/C16H23N3OS/c20-16(15-12-13-4-1-2-5-14(13)21-15)18-6-3-9-19-10-7-17-8-11-19/h1-2,4-5,15,17H,3,6-12H2,(H,18,20). The fourth-order valence-electron chi connectivity index (χ4n) is 2.89. The minimum absolute atomic E-state index is 0.0570. The van der Waals surface area contributed by atoms with Gasteiger partial charge in [-0.2, -0.15) is 0 Å². The molecule has 2 aliphatic rings. The molecule has 2 aliphatic heterocycles. The molecule has 0 saturated carbocycles. The predicted molar refractivity (Wildman–Crippen MR) is 86.7 cm³/mol. The minimum Gasteiger partial charge on any atom is -0.355 e. The average Bonchev–Trinajstić information content (AvgIpc) is 2.96. The van der Waals surface area contributed by atoms with Crippen LogP contribution in [-0.2, 0) is 11.2 Å². The van der Waals surface area contributed by atoms with E-state index in [-0.39, 0.29) is 11.2 Å². The normalized spacial score (nSPS) is 22.0. The van der Waals surface area contributed by atoms with E-state index < -0.39 is 0 Å². The molecule has 1 aromatic rings. The number of benzene rings is 1. The van der Waals surface area contributed by atoms with Crippen LogP contribution in [0, 0.1) is 0 Å². The molecule has 3 rings (SSSR count). The monoisotopic (exact) mass is 305 g/mol. The third kappa shape index (κ3) is 3.99. The molecule has 114 valence electrons. The predicted octanol–water partition coefficient (Wildman–Crippen LogP) is 1.11. The Bertz CT molecular complexity index is 463. The number of thioether (sulfide) groups is 1. The first kappa shape index (κ1) is 14.9. The molecular weight excluding hydrogens is 282 g/mol. The zero-order valence-corrected chi connectivity index (χ0v) is 13.1. The van der Waals surface area contributed by atoms with Crippen molar-refractivity contribution in [3.05, 3.63) is 29.8 Å². The summed E-state index contributed by atoms with van der Waals surface area (Å²) in [5.41, 5.74) is 1.31. The lowest BCUT2D eigenvalue weighted by Gasteiger charge is -2.27. The molecule has 0 aliphatic carbocycles. The van der Waals surface area contributed by atoms with Crippen molar-refractivity contribution in [1.82, 2.24) is 15.5 Å². The molecular formula is C16H23N3OS. The Kier molecular flexibility index (Phi) is 5.17. The highest BCUT2D eigenvalue weighted by molar-refractivity contribution is 8.01. The zero-order valence-electron chi connectivity index (χ0n) is 12.3. The Morgan fingerprint density at radius 3 is 2.95 bits per heavy atom. The van der Waals surface area contributed by atoms with Crippen molar-refractivity contribution < 1.29 is 4.79 Å². The Morgan fingerprint density at radius 1 is 1.33 bits per heavy atom. The van der Waals surface area contributed by atoms with E-state index in [9.17, 15) is 4.79 Å². The summed E-state index contributed by atoms with van der Waals surface area (Å²) >= 11 is 1.70. The smallest absolute Gasteiger partial charge is 0.233 e. The highest BCUT2D eigenvalue weighted by Crippen LogP contribution is 2.36. The maximum absolute atomic E-state index is 12.2. The van der Waals surface area contributed by atoms with Gasteiger partial charge in [-0.3, -0.25) is 4.79 Å². The van der Waals surface area contributed by atoms with Crippen LogP contribution in [0.1, 0.15) is 12.0 Å². The number of hydrogen-bond acceptors (Lipinski definition) is 4. The van der Waals surface area contributed by atoms with Gasteiger partial charge in [0.2, 0.25) is 5.91 Å². The number of carbonyl (C=O) groups excluding carboxylic acids is 1. The number of carbonyl (C=O) groups is 1. The molecule has 1 atom stereocenters. The number of fused-ring (bicyclic) bond motifs is 1. The topological polar surface area (TPSA) is 44.4 Å². The zero-order chi connectivity index (χ0) is 14.5. The van der Waals surface area contributed by atoms with Crippen LogP contribution in [0.25, 0.3) is 0 Å². The van der Waals surface area contributed by atoms with Crippen LogP contribution in [-0.4, -0.2) is 55.3 Å².